The molecule has 0 unspecified atom stereocenters. The van der Waals surface area contributed by atoms with Crippen molar-refractivity contribution in [1.29, 1.82) is 0 Å². The molecular weight excluding hydrogens is 410 g/mol. The van der Waals surface area contributed by atoms with Crippen LogP contribution in [0.25, 0.3) is 33.5 Å². The van der Waals surface area contributed by atoms with Crippen LogP contribution in [0.5, 0.6) is 0 Å². The molecule has 6 rings (SSSR count). The van der Waals surface area contributed by atoms with Crippen LogP contribution in [0.1, 0.15) is 75.6 Å². The molecule has 0 saturated carbocycles. The number of hydrogen-bond donors (Lipinski definition) is 0. The molecule has 0 radical (unpaired) electrons. The van der Waals surface area contributed by atoms with E-state index in [1.165, 1.54) is 44.5 Å². The van der Waals surface area contributed by atoms with Crippen molar-refractivity contribution in [1.82, 2.24) is 4.98 Å². The molecule has 1 nitrogen and oxygen atoms in total. The fraction of sp³-hybridized carbons (Fsp3) is 0.303. The van der Waals surface area contributed by atoms with E-state index in [4.69, 9.17) is 0 Å². The van der Waals surface area contributed by atoms with Gasteiger partial charge in [0.2, 0.25) is 0 Å². The molecule has 0 aliphatic heterocycles. The van der Waals surface area contributed by atoms with Gasteiger partial charge in [-0.05, 0) is 94.5 Å². The first-order valence-electron chi connectivity index (χ1n) is 13.0. The first kappa shape index (κ1) is 21.4. The molecule has 170 valence electrons. The van der Waals surface area contributed by atoms with Gasteiger partial charge in [-0.3, -0.25) is 4.98 Å². The van der Waals surface area contributed by atoms with Crippen LogP contribution in [0, 0.1) is 0 Å². The van der Waals surface area contributed by atoms with Crippen LogP contribution < -0.4 is 0 Å². The fourth-order valence-electron chi connectivity index (χ4n) is 7.15. The Hall–Kier alpha value is -3.19. The van der Waals surface area contributed by atoms with Crippen LogP contribution in [0.3, 0.4) is 0 Å². The summed E-state index contributed by atoms with van der Waals surface area (Å²) in [6, 6.07) is 27.5. The number of benzene rings is 3. The SMILES string of the molecule is CCC1(CC)c2ccccc2-c2cc3c(cc21)C(CC)(CC)c1cc(-c2ccccn2)ccc1-3. The molecule has 0 amide bonds. The molecule has 1 heteroatoms. The Balaban J connectivity index is 1.64. The summed E-state index contributed by atoms with van der Waals surface area (Å²) in [5, 5.41) is 0. The van der Waals surface area contributed by atoms with E-state index in [9.17, 15) is 0 Å². The molecule has 2 aliphatic carbocycles. The molecule has 0 N–H and O–H groups in total. The number of hydrogen-bond acceptors (Lipinski definition) is 1. The summed E-state index contributed by atoms with van der Waals surface area (Å²) in [5.41, 5.74) is 14.2. The number of aromatic nitrogens is 1. The molecule has 4 aromatic rings. The number of fused-ring (bicyclic) bond motifs is 6. The van der Waals surface area contributed by atoms with Gasteiger partial charge in [-0.2, -0.15) is 0 Å². The third-order valence-electron chi connectivity index (χ3n) is 9.12. The lowest BCUT2D eigenvalue weighted by Gasteiger charge is -2.33. The average molecular weight is 444 g/mol. The lowest BCUT2D eigenvalue weighted by atomic mass is 9.70. The third kappa shape index (κ3) is 2.59. The van der Waals surface area contributed by atoms with Crippen molar-refractivity contribution in [2.75, 3.05) is 0 Å². The minimum Gasteiger partial charge on any atom is -0.256 e. The lowest BCUT2D eigenvalue weighted by molar-refractivity contribution is 0.476. The number of pyridine rings is 1. The number of nitrogens with zero attached hydrogens (tertiary/aromatic N) is 1. The topological polar surface area (TPSA) is 12.9 Å². The van der Waals surface area contributed by atoms with Gasteiger partial charge in [-0.15, -0.1) is 0 Å². The average Bonchev–Trinajstić information content (AvgIpc) is 3.34. The zero-order valence-electron chi connectivity index (χ0n) is 20.8. The highest BCUT2D eigenvalue weighted by Gasteiger charge is 2.46. The van der Waals surface area contributed by atoms with Crippen molar-refractivity contribution < 1.29 is 0 Å². The van der Waals surface area contributed by atoms with E-state index in [2.05, 4.69) is 99.4 Å². The molecule has 1 heterocycles. The van der Waals surface area contributed by atoms with Crippen LogP contribution in [0.15, 0.2) is 79.0 Å². The molecule has 2 aliphatic rings. The summed E-state index contributed by atoms with van der Waals surface area (Å²) in [5.74, 6) is 0. The van der Waals surface area contributed by atoms with Crippen LogP contribution in [-0.4, -0.2) is 4.98 Å². The first-order chi connectivity index (χ1) is 16.6. The minimum atomic E-state index is 0.0481. The molecular formula is C33H33N. The van der Waals surface area contributed by atoms with Gasteiger partial charge in [0.25, 0.3) is 0 Å². The summed E-state index contributed by atoms with van der Waals surface area (Å²) < 4.78 is 0. The van der Waals surface area contributed by atoms with Crippen molar-refractivity contribution in [2.24, 2.45) is 0 Å². The van der Waals surface area contributed by atoms with E-state index < -0.39 is 0 Å². The summed E-state index contributed by atoms with van der Waals surface area (Å²) in [4.78, 5) is 4.64. The Bertz CT molecular complexity index is 1390. The van der Waals surface area contributed by atoms with Crippen LogP contribution in [0.2, 0.25) is 0 Å². The zero-order chi connectivity index (χ0) is 23.5. The van der Waals surface area contributed by atoms with Gasteiger partial charge in [-0.1, -0.05) is 76.2 Å². The van der Waals surface area contributed by atoms with Crippen LogP contribution in [0.4, 0.5) is 0 Å². The monoisotopic (exact) mass is 443 g/mol. The Morgan fingerprint density at radius 2 is 1.12 bits per heavy atom. The molecule has 0 bridgehead atoms. The van der Waals surface area contributed by atoms with Gasteiger partial charge >= 0.3 is 0 Å². The van der Waals surface area contributed by atoms with Gasteiger partial charge in [0.15, 0.2) is 0 Å². The molecule has 0 atom stereocenters. The fourth-order valence-corrected chi connectivity index (χ4v) is 7.15. The molecule has 0 saturated heterocycles. The zero-order valence-corrected chi connectivity index (χ0v) is 20.8. The van der Waals surface area contributed by atoms with Crippen molar-refractivity contribution in [3.63, 3.8) is 0 Å². The quantitative estimate of drug-likeness (QED) is 0.300. The Morgan fingerprint density at radius 1 is 0.529 bits per heavy atom. The molecule has 3 aromatic carbocycles. The molecule has 0 spiro atoms. The Labute approximate surface area is 203 Å². The predicted octanol–water partition coefficient (Wildman–Crippen LogP) is 8.92. The van der Waals surface area contributed by atoms with E-state index >= 15 is 0 Å². The van der Waals surface area contributed by atoms with E-state index in [0.29, 0.717) is 0 Å². The normalized spacial score (nSPS) is 16.0. The summed E-state index contributed by atoms with van der Waals surface area (Å²) >= 11 is 0. The second kappa shape index (κ2) is 7.67. The molecule has 34 heavy (non-hydrogen) atoms. The van der Waals surface area contributed by atoms with Crippen molar-refractivity contribution in [2.45, 2.75) is 64.2 Å². The largest absolute Gasteiger partial charge is 0.256 e. The van der Waals surface area contributed by atoms with Gasteiger partial charge < -0.3 is 0 Å². The first-order valence-corrected chi connectivity index (χ1v) is 13.0. The highest BCUT2D eigenvalue weighted by atomic mass is 14.7. The number of rotatable bonds is 5. The Morgan fingerprint density at radius 3 is 1.76 bits per heavy atom. The van der Waals surface area contributed by atoms with Crippen LogP contribution in [-0.2, 0) is 10.8 Å². The predicted molar refractivity (Wildman–Crippen MR) is 143 cm³/mol. The summed E-state index contributed by atoms with van der Waals surface area (Å²) in [6.07, 6.45) is 6.36. The van der Waals surface area contributed by atoms with E-state index in [0.717, 1.165) is 31.4 Å². The maximum atomic E-state index is 4.64. The maximum Gasteiger partial charge on any atom is 0.0702 e. The van der Waals surface area contributed by atoms with Gasteiger partial charge in [-0.25, -0.2) is 0 Å². The summed E-state index contributed by atoms with van der Waals surface area (Å²) in [6.45, 7) is 9.46. The molecule has 0 fully saturated rings. The lowest BCUT2D eigenvalue weighted by Crippen LogP contribution is -2.26. The maximum absolute atomic E-state index is 4.64. The van der Waals surface area contributed by atoms with Crippen molar-refractivity contribution in [3.8, 4) is 33.5 Å². The second-order valence-electron chi connectivity index (χ2n) is 10.0. The highest BCUT2D eigenvalue weighted by Crippen LogP contribution is 2.59. The molecule has 1 aromatic heterocycles. The third-order valence-corrected chi connectivity index (χ3v) is 9.12. The van der Waals surface area contributed by atoms with Gasteiger partial charge in [0, 0.05) is 22.6 Å². The van der Waals surface area contributed by atoms with Crippen molar-refractivity contribution >= 4 is 0 Å². The smallest absolute Gasteiger partial charge is 0.0702 e. The second-order valence-corrected chi connectivity index (χ2v) is 10.0. The van der Waals surface area contributed by atoms with Gasteiger partial charge in [0.05, 0.1) is 5.69 Å². The van der Waals surface area contributed by atoms with E-state index in [-0.39, 0.29) is 10.8 Å². The van der Waals surface area contributed by atoms with E-state index in [1.807, 2.05) is 12.3 Å². The van der Waals surface area contributed by atoms with Gasteiger partial charge in [0.1, 0.15) is 0 Å². The van der Waals surface area contributed by atoms with Crippen molar-refractivity contribution in [3.05, 3.63) is 101 Å². The standard InChI is InChI=1S/C33H33N/c1-5-32(6-2)27-14-10-9-13-23(27)25-20-26-24-17-16-22(31-15-11-12-18-34-31)19-28(24)33(7-3,8-4)30(26)21-29(25)32/h9-21H,5-8H2,1-4H3. The van der Waals surface area contributed by atoms with E-state index in [1.54, 1.807) is 5.56 Å². The Kier molecular flexibility index (Phi) is 4.81. The minimum absolute atomic E-state index is 0.0481. The highest BCUT2D eigenvalue weighted by molar-refractivity contribution is 5.91. The van der Waals surface area contributed by atoms with Crippen LogP contribution >= 0.6 is 0 Å². The summed E-state index contributed by atoms with van der Waals surface area (Å²) in [7, 11) is 0.